The number of hydrogen-bond acceptors (Lipinski definition) is 10. The van der Waals surface area contributed by atoms with E-state index in [2.05, 4.69) is 45.5 Å². The third-order valence-electron chi connectivity index (χ3n) is 8.26. The molecule has 15 nitrogen and oxygen atoms in total. The van der Waals surface area contributed by atoms with Gasteiger partial charge in [0.1, 0.15) is 12.6 Å². The molecule has 0 fully saturated rings. The molecule has 0 aromatic heterocycles. The molecule has 0 bridgehead atoms. The fourth-order valence-corrected chi connectivity index (χ4v) is 5.61. The van der Waals surface area contributed by atoms with Gasteiger partial charge in [-0.15, -0.1) is 0 Å². The maximum absolute atomic E-state index is 12.2. The summed E-state index contributed by atoms with van der Waals surface area (Å²) in [4.78, 5) is 59.8. The third-order valence-corrected chi connectivity index (χ3v) is 8.26. The lowest BCUT2D eigenvalue weighted by Gasteiger charge is -2.15. The van der Waals surface area contributed by atoms with Crippen LogP contribution in [0.2, 0.25) is 0 Å². The van der Waals surface area contributed by atoms with Crippen molar-refractivity contribution in [3.05, 3.63) is 95.6 Å². The Morgan fingerprint density at radius 1 is 0.593 bits per heavy atom. The molecule has 5 N–H and O–H groups in total. The van der Waals surface area contributed by atoms with Crippen LogP contribution in [0.4, 0.5) is 4.79 Å². The first-order chi connectivity index (χ1) is 26.3. The third kappa shape index (κ3) is 14.6. The van der Waals surface area contributed by atoms with E-state index in [1.807, 2.05) is 24.3 Å². The topological polar surface area (TPSA) is 200 Å². The van der Waals surface area contributed by atoms with Crippen LogP contribution in [0.25, 0.3) is 11.1 Å². The Morgan fingerprint density at radius 2 is 1.11 bits per heavy atom. The molecule has 1 aliphatic rings. The predicted molar refractivity (Wildman–Crippen MR) is 197 cm³/mol. The van der Waals surface area contributed by atoms with E-state index in [9.17, 15) is 29.1 Å². The predicted octanol–water partition coefficient (Wildman–Crippen LogP) is 2.03. The molecular weight excluding hydrogens is 700 g/mol. The molecule has 0 aliphatic heterocycles. The van der Waals surface area contributed by atoms with Crippen LogP contribution >= 0.6 is 0 Å². The van der Waals surface area contributed by atoms with Gasteiger partial charge in [-0.05, 0) is 27.8 Å². The quantitative estimate of drug-likeness (QED) is 0.0795. The zero-order valence-electron chi connectivity index (χ0n) is 30.1. The molecule has 0 spiro atoms. The van der Waals surface area contributed by atoms with E-state index in [-0.39, 0.29) is 45.1 Å². The first-order valence-electron chi connectivity index (χ1n) is 17.8. The molecule has 0 heterocycles. The van der Waals surface area contributed by atoms with Crippen LogP contribution in [0, 0.1) is 0 Å². The number of amides is 4. The summed E-state index contributed by atoms with van der Waals surface area (Å²) in [7, 11) is 0. The molecule has 0 unspecified atom stereocenters. The minimum Gasteiger partial charge on any atom is -0.480 e. The van der Waals surface area contributed by atoms with E-state index in [0.717, 1.165) is 16.7 Å². The zero-order chi connectivity index (χ0) is 38.4. The van der Waals surface area contributed by atoms with E-state index >= 15 is 0 Å². The first-order valence-corrected chi connectivity index (χ1v) is 17.8. The Kier molecular flexibility index (Phi) is 17.9. The Balaban J connectivity index is 0.896. The molecule has 1 aliphatic carbocycles. The smallest absolute Gasteiger partial charge is 0.407 e. The number of aliphatic carboxylic acids is 1. The zero-order valence-corrected chi connectivity index (χ0v) is 30.1. The van der Waals surface area contributed by atoms with Crippen molar-refractivity contribution in [1.82, 2.24) is 21.3 Å². The molecule has 290 valence electrons. The lowest BCUT2D eigenvalue weighted by atomic mass is 9.98. The highest BCUT2D eigenvalue weighted by Gasteiger charge is 2.29. The molecule has 54 heavy (non-hydrogen) atoms. The van der Waals surface area contributed by atoms with Crippen molar-refractivity contribution in [2.24, 2.45) is 0 Å². The summed E-state index contributed by atoms with van der Waals surface area (Å²) in [5.41, 5.74) is 5.41. The average Bonchev–Trinajstić information content (AvgIpc) is 3.50. The van der Waals surface area contributed by atoms with E-state index in [0.29, 0.717) is 46.2 Å². The molecule has 0 radical (unpaired) electrons. The van der Waals surface area contributed by atoms with Crippen molar-refractivity contribution < 1.29 is 52.8 Å². The number of ether oxygens (including phenoxy) is 5. The molecule has 0 saturated carbocycles. The van der Waals surface area contributed by atoms with Gasteiger partial charge < -0.3 is 50.1 Å². The Morgan fingerprint density at radius 3 is 1.72 bits per heavy atom. The highest BCUT2D eigenvalue weighted by Crippen LogP contribution is 2.44. The van der Waals surface area contributed by atoms with E-state index in [1.54, 1.807) is 30.3 Å². The normalized spacial score (nSPS) is 12.2. The van der Waals surface area contributed by atoms with Crippen LogP contribution < -0.4 is 21.3 Å². The van der Waals surface area contributed by atoms with E-state index in [4.69, 9.17) is 23.7 Å². The average molecular weight is 749 g/mol. The van der Waals surface area contributed by atoms with Crippen molar-refractivity contribution in [1.29, 1.82) is 0 Å². The van der Waals surface area contributed by atoms with Crippen LogP contribution in [-0.2, 0) is 49.3 Å². The van der Waals surface area contributed by atoms with Gasteiger partial charge in [-0.1, -0.05) is 78.9 Å². The van der Waals surface area contributed by atoms with Crippen molar-refractivity contribution in [3.63, 3.8) is 0 Å². The van der Waals surface area contributed by atoms with Gasteiger partial charge in [0.2, 0.25) is 17.7 Å². The number of fused-ring (bicyclic) bond motifs is 3. The van der Waals surface area contributed by atoms with Crippen molar-refractivity contribution in [3.8, 4) is 11.1 Å². The molecule has 4 rings (SSSR count). The summed E-state index contributed by atoms with van der Waals surface area (Å²) in [6.07, 6.45) is -0.365. The minimum absolute atomic E-state index is 0.00624. The number of alkyl carbamates (subject to hydrolysis) is 1. The summed E-state index contributed by atoms with van der Waals surface area (Å²) in [5, 5.41) is 19.2. The van der Waals surface area contributed by atoms with Crippen LogP contribution in [0.5, 0.6) is 0 Å². The molecule has 4 amide bonds. The van der Waals surface area contributed by atoms with Gasteiger partial charge in [-0.3, -0.25) is 14.4 Å². The highest BCUT2D eigenvalue weighted by molar-refractivity contribution is 5.90. The molecule has 15 heteroatoms. The lowest BCUT2D eigenvalue weighted by molar-refractivity contribution is -0.141. The van der Waals surface area contributed by atoms with E-state index < -0.39 is 42.4 Å². The molecule has 1 atom stereocenters. The number of nitrogens with one attached hydrogen (secondary N) is 4. The van der Waals surface area contributed by atoms with Gasteiger partial charge in [-0.25, -0.2) is 9.59 Å². The molecule has 3 aromatic carbocycles. The fourth-order valence-electron chi connectivity index (χ4n) is 5.61. The van der Waals surface area contributed by atoms with Gasteiger partial charge in [0, 0.05) is 25.3 Å². The number of benzene rings is 3. The number of carbonyl (C=O) groups excluding carboxylic acids is 4. The number of carboxylic acid groups (broad SMARTS) is 1. The highest BCUT2D eigenvalue weighted by atomic mass is 16.6. The molecule has 0 saturated heterocycles. The largest absolute Gasteiger partial charge is 0.480 e. The Bertz CT molecular complexity index is 1610. The standard InChI is InChI=1S/C39H48N4O11/c44-35(41-25-36(45)42-26-37(46)43-34(38(47)48)24-28-8-2-1-3-9-28)14-16-50-18-20-52-22-23-53-21-19-51-17-15-40-39(49)54-27-33-31-12-6-4-10-29(31)30-11-5-7-13-32(30)33/h1-13,33-34H,14-27H2,(H,40,49)(H,41,44)(H,42,45)(H,43,46)(H,47,48)/t34-/m0/s1. The van der Waals surface area contributed by atoms with Gasteiger partial charge in [0.25, 0.3) is 0 Å². The second-order valence-corrected chi connectivity index (χ2v) is 12.2. The maximum atomic E-state index is 12.2. The van der Waals surface area contributed by atoms with Crippen LogP contribution in [0.1, 0.15) is 29.0 Å². The summed E-state index contributed by atoms with van der Waals surface area (Å²) >= 11 is 0. The van der Waals surface area contributed by atoms with Crippen LogP contribution in [0.15, 0.2) is 78.9 Å². The van der Waals surface area contributed by atoms with Gasteiger partial charge in [0.05, 0.1) is 65.9 Å². The maximum Gasteiger partial charge on any atom is 0.407 e. The minimum atomic E-state index is -1.19. The Labute approximate surface area is 314 Å². The Hall–Kier alpha value is -5.35. The second kappa shape index (κ2) is 23.3. The number of carbonyl (C=O) groups is 5. The SMILES string of the molecule is O=C(CCOCCOCCOCCOCCNC(=O)OCC1c2ccccc2-c2ccccc21)NCC(=O)NCC(=O)N[C@@H](Cc1ccccc1)C(=O)O. The van der Waals surface area contributed by atoms with Gasteiger partial charge in [-0.2, -0.15) is 0 Å². The summed E-state index contributed by atoms with van der Waals surface area (Å²) < 4.78 is 27.3. The van der Waals surface area contributed by atoms with Crippen molar-refractivity contribution in [2.75, 3.05) is 79.1 Å². The number of hydrogen-bond donors (Lipinski definition) is 5. The second-order valence-electron chi connectivity index (χ2n) is 12.2. The first kappa shape index (κ1) is 41.4. The summed E-state index contributed by atoms with van der Waals surface area (Å²) in [5.74, 6) is -2.85. The number of carboxylic acids is 1. The van der Waals surface area contributed by atoms with Crippen LogP contribution in [0.3, 0.4) is 0 Å². The molecular formula is C39H48N4O11. The molecule has 3 aromatic rings. The summed E-state index contributed by atoms with van der Waals surface area (Å²) in [6.45, 7) is 2.25. The lowest BCUT2D eigenvalue weighted by Crippen LogP contribution is -2.47. The van der Waals surface area contributed by atoms with Gasteiger partial charge >= 0.3 is 12.1 Å². The fraction of sp³-hybridized carbons (Fsp3) is 0.410. The van der Waals surface area contributed by atoms with Crippen molar-refractivity contribution in [2.45, 2.75) is 24.8 Å². The van der Waals surface area contributed by atoms with Crippen molar-refractivity contribution >= 4 is 29.8 Å². The van der Waals surface area contributed by atoms with E-state index in [1.165, 1.54) is 11.1 Å². The number of rotatable bonds is 25. The summed E-state index contributed by atoms with van der Waals surface area (Å²) in [6, 6.07) is 24.0. The van der Waals surface area contributed by atoms with Gasteiger partial charge in [0.15, 0.2) is 0 Å². The monoisotopic (exact) mass is 748 g/mol. The van der Waals surface area contributed by atoms with Crippen LogP contribution in [-0.4, -0.2) is 120 Å².